The number of ether oxygens (including phenoxy) is 1. The van der Waals surface area contributed by atoms with Crippen LogP contribution in [-0.4, -0.2) is 47.8 Å². The zero-order chi connectivity index (χ0) is 17.0. The van der Waals surface area contributed by atoms with Crippen molar-refractivity contribution in [1.29, 1.82) is 0 Å². The molecule has 1 aliphatic heterocycles. The summed E-state index contributed by atoms with van der Waals surface area (Å²) in [6.07, 6.45) is 1.07. The second-order valence-electron chi connectivity index (χ2n) is 6.38. The van der Waals surface area contributed by atoms with Gasteiger partial charge in [-0.2, -0.15) is 0 Å². The maximum absolute atomic E-state index is 11.4. The van der Waals surface area contributed by atoms with E-state index in [4.69, 9.17) is 22.1 Å². The van der Waals surface area contributed by atoms with Crippen LogP contribution in [0.4, 0.5) is 0 Å². The topological polar surface area (TPSA) is 75.8 Å². The lowest BCUT2D eigenvalue weighted by Crippen LogP contribution is -2.49. The summed E-state index contributed by atoms with van der Waals surface area (Å²) in [5, 5.41) is 10.8. The molecule has 0 aromatic heterocycles. The van der Waals surface area contributed by atoms with Crippen LogP contribution in [0.15, 0.2) is 18.2 Å². The molecule has 128 valence electrons. The molecule has 1 aromatic rings. The van der Waals surface area contributed by atoms with E-state index in [0.29, 0.717) is 29.9 Å². The number of amides is 1. The molecule has 3 N–H and O–H groups in total. The number of benzene rings is 1. The molecule has 3 atom stereocenters. The van der Waals surface area contributed by atoms with Gasteiger partial charge in [0.2, 0.25) is 5.91 Å². The van der Waals surface area contributed by atoms with E-state index in [-0.39, 0.29) is 18.4 Å². The molecule has 1 aliphatic rings. The number of aryl methyl sites for hydroxylation is 1. The highest BCUT2D eigenvalue weighted by atomic mass is 35.5. The van der Waals surface area contributed by atoms with Gasteiger partial charge in [-0.05, 0) is 44.4 Å². The fourth-order valence-electron chi connectivity index (χ4n) is 2.90. The predicted octanol–water partition coefficient (Wildman–Crippen LogP) is 1.97. The lowest BCUT2D eigenvalue weighted by Gasteiger charge is -2.37. The van der Waals surface area contributed by atoms with E-state index in [2.05, 4.69) is 11.8 Å². The highest BCUT2D eigenvalue weighted by Crippen LogP contribution is 2.26. The summed E-state index contributed by atoms with van der Waals surface area (Å²) in [5.74, 6) is 0.178. The van der Waals surface area contributed by atoms with Gasteiger partial charge in [0.1, 0.15) is 18.5 Å². The number of halogens is 1. The number of aliphatic hydroxyl groups is 1. The highest BCUT2D eigenvalue weighted by Gasteiger charge is 2.29. The van der Waals surface area contributed by atoms with Crippen molar-refractivity contribution in [3.05, 3.63) is 28.8 Å². The second-order valence-corrected chi connectivity index (χ2v) is 6.79. The number of hydrogen-bond donors (Lipinski definition) is 2. The molecule has 0 bridgehead atoms. The first kappa shape index (κ1) is 18.0. The number of carbonyl (C=O) groups excluding carboxylic acids is 1. The molecule has 2 rings (SSSR count). The van der Waals surface area contributed by atoms with Gasteiger partial charge in [0.05, 0.1) is 10.9 Å². The van der Waals surface area contributed by atoms with Gasteiger partial charge in [0, 0.05) is 19.1 Å². The number of carbonyl (C=O) groups is 1. The lowest BCUT2D eigenvalue weighted by molar-refractivity contribution is -0.124. The van der Waals surface area contributed by atoms with E-state index in [0.717, 1.165) is 18.4 Å². The maximum atomic E-state index is 11.4. The van der Waals surface area contributed by atoms with Gasteiger partial charge in [0.25, 0.3) is 0 Å². The Hall–Kier alpha value is -1.30. The first-order chi connectivity index (χ1) is 10.9. The Labute approximate surface area is 142 Å². The molecular formula is C17H25ClN2O3. The monoisotopic (exact) mass is 340 g/mol. The minimum atomic E-state index is -0.652. The molecule has 1 aromatic carbocycles. The van der Waals surface area contributed by atoms with Crippen molar-refractivity contribution in [3.63, 3.8) is 0 Å². The summed E-state index contributed by atoms with van der Waals surface area (Å²) in [7, 11) is 0. The third kappa shape index (κ3) is 5.09. The van der Waals surface area contributed by atoms with Crippen LogP contribution in [0.3, 0.4) is 0 Å². The van der Waals surface area contributed by atoms with Gasteiger partial charge in [-0.15, -0.1) is 0 Å². The number of nitrogens with two attached hydrogens (primary N) is 1. The van der Waals surface area contributed by atoms with Crippen molar-refractivity contribution < 1.29 is 14.6 Å². The minimum Gasteiger partial charge on any atom is -0.489 e. The molecule has 0 saturated carbocycles. The number of β-amino-alcohol motifs (C(OH)–C–C–N with tert-alkyl or cyclic N) is 1. The Morgan fingerprint density at radius 2 is 2.26 bits per heavy atom. The number of nitrogens with zero attached hydrogens (tertiary/aromatic N) is 1. The molecule has 1 saturated heterocycles. The van der Waals surface area contributed by atoms with Gasteiger partial charge >= 0.3 is 0 Å². The molecule has 0 unspecified atom stereocenters. The molecule has 1 amide bonds. The van der Waals surface area contributed by atoms with Crippen molar-refractivity contribution in [2.24, 2.45) is 11.7 Å². The number of primary amides is 1. The van der Waals surface area contributed by atoms with Gasteiger partial charge in [0.15, 0.2) is 0 Å². The number of hydrogen-bond acceptors (Lipinski definition) is 4. The molecule has 0 spiro atoms. The average Bonchev–Trinajstić information content (AvgIpc) is 2.50. The largest absolute Gasteiger partial charge is 0.489 e. The van der Waals surface area contributed by atoms with Crippen LogP contribution in [0.5, 0.6) is 5.75 Å². The molecule has 6 heteroatoms. The van der Waals surface area contributed by atoms with Crippen molar-refractivity contribution >= 4 is 17.5 Å². The summed E-state index contributed by atoms with van der Waals surface area (Å²) in [6, 6.07) is 5.86. The van der Waals surface area contributed by atoms with Gasteiger partial charge in [-0.1, -0.05) is 17.7 Å². The first-order valence-corrected chi connectivity index (χ1v) is 8.35. The zero-order valence-electron chi connectivity index (χ0n) is 13.7. The summed E-state index contributed by atoms with van der Waals surface area (Å²) >= 11 is 6.08. The van der Waals surface area contributed by atoms with Crippen LogP contribution >= 0.6 is 11.6 Å². The first-order valence-electron chi connectivity index (χ1n) is 7.97. The van der Waals surface area contributed by atoms with E-state index in [1.807, 2.05) is 19.1 Å². The van der Waals surface area contributed by atoms with Crippen LogP contribution < -0.4 is 10.5 Å². The second kappa shape index (κ2) is 7.99. The van der Waals surface area contributed by atoms with Crippen molar-refractivity contribution in [1.82, 2.24) is 4.90 Å². The van der Waals surface area contributed by atoms with Crippen molar-refractivity contribution in [2.75, 3.05) is 19.7 Å². The normalized spacial score (nSPS) is 23.5. The van der Waals surface area contributed by atoms with E-state index >= 15 is 0 Å². The molecule has 1 fully saturated rings. The maximum Gasteiger partial charge on any atom is 0.221 e. The number of rotatable bonds is 6. The Kier molecular flexibility index (Phi) is 6.27. The SMILES string of the molecule is Cc1ccc(Cl)c(OC[C@H](O)CN2C[C@@H](C(N)=O)CC[C@H]2C)c1. The standard InChI is InChI=1S/C17H25ClN2O3/c1-11-3-6-15(18)16(7-11)23-10-14(21)9-20-8-13(17(19)22)5-4-12(20)2/h3,6-7,12-14,21H,4-5,8-10H2,1-2H3,(H2,19,22)/t12-,13+,14-/m1/s1. The van der Waals surface area contributed by atoms with Gasteiger partial charge in [-0.3, -0.25) is 9.69 Å². The van der Waals surface area contributed by atoms with Gasteiger partial charge in [-0.25, -0.2) is 0 Å². The Morgan fingerprint density at radius 1 is 1.52 bits per heavy atom. The average molecular weight is 341 g/mol. The smallest absolute Gasteiger partial charge is 0.221 e. The number of aliphatic hydroxyl groups excluding tert-OH is 1. The third-order valence-electron chi connectivity index (χ3n) is 4.38. The highest BCUT2D eigenvalue weighted by molar-refractivity contribution is 6.32. The molecule has 0 aliphatic carbocycles. The Balaban J connectivity index is 1.87. The molecule has 0 radical (unpaired) electrons. The molecule has 23 heavy (non-hydrogen) atoms. The molecule has 1 heterocycles. The van der Waals surface area contributed by atoms with Crippen LogP contribution in [0, 0.1) is 12.8 Å². The molecule has 5 nitrogen and oxygen atoms in total. The lowest BCUT2D eigenvalue weighted by atomic mass is 9.93. The Morgan fingerprint density at radius 3 is 2.96 bits per heavy atom. The van der Waals surface area contributed by atoms with Crippen molar-refractivity contribution in [2.45, 2.75) is 38.8 Å². The predicted molar refractivity (Wildman–Crippen MR) is 90.6 cm³/mol. The Bertz CT molecular complexity index is 553. The van der Waals surface area contributed by atoms with E-state index in [1.165, 1.54) is 0 Å². The van der Waals surface area contributed by atoms with Crippen LogP contribution in [0.25, 0.3) is 0 Å². The van der Waals surface area contributed by atoms with E-state index in [1.54, 1.807) is 6.07 Å². The molecular weight excluding hydrogens is 316 g/mol. The fourth-order valence-corrected chi connectivity index (χ4v) is 3.07. The van der Waals surface area contributed by atoms with Crippen LogP contribution in [-0.2, 0) is 4.79 Å². The third-order valence-corrected chi connectivity index (χ3v) is 4.69. The summed E-state index contributed by atoms with van der Waals surface area (Å²) in [4.78, 5) is 13.5. The van der Waals surface area contributed by atoms with Crippen LogP contribution in [0.1, 0.15) is 25.3 Å². The minimum absolute atomic E-state index is 0.134. The van der Waals surface area contributed by atoms with Crippen molar-refractivity contribution in [3.8, 4) is 5.75 Å². The van der Waals surface area contributed by atoms with E-state index in [9.17, 15) is 9.90 Å². The van der Waals surface area contributed by atoms with Crippen LogP contribution in [0.2, 0.25) is 5.02 Å². The summed E-state index contributed by atoms with van der Waals surface area (Å²) in [6.45, 7) is 5.27. The summed E-state index contributed by atoms with van der Waals surface area (Å²) in [5.41, 5.74) is 6.45. The zero-order valence-corrected chi connectivity index (χ0v) is 14.4. The number of likely N-dealkylation sites (tertiary alicyclic amines) is 1. The van der Waals surface area contributed by atoms with Gasteiger partial charge < -0.3 is 15.6 Å². The van der Waals surface area contributed by atoms with E-state index < -0.39 is 6.10 Å². The quantitative estimate of drug-likeness (QED) is 0.830. The number of piperidine rings is 1. The fraction of sp³-hybridized carbons (Fsp3) is 0.588. The summed E-state index contributed by atoms with van der Waals surface area (Å²) < 4.78 is 5.63.